The Morgan fingerprint density at radius 2 is 2.15 bits per heavy atom. The Hall–Kier alpha value is -1.61. The fraction of sp³-hybridized carbons (Fsp3) is 0.571. The van der Waals surface area contributed by atoms with E-state index in [4.69, 9.17) is 5.26 Å². The number of nitriles is 1. The van der Waals surface area contributed by atoms with E-state index in [0.717, 1.165) is 25.7 Å². The van der Waals surface area contributed by atoms with Crippen molar-refractivity contribution in [2.24, 2.45) is 11.8 Å². The fourth-order valence-electron chi connectivity index (χ4n) is 2.78. The molecule has 1 aliphatic rings. The molecule has 1 aromatic rings. The van der Waals surface area contributed by atoms with E-state index in [0.29, 0.717) is 5.82 Å². The van der Waals surface area contributed by atoms with Gasteiger partial charge in [-0.1, -0.05) is 12.8 Å². The molecule has 106 valence electrons. The summed E-state index contributed by atoms with van der Waals surface area (Å²) < 4.78 is 0. The molecule has 2 rings (SSSR count). The van der Waals surface area contributed by atoms with E-state index < -0.39 is 0 Å². The van der Waals surface area contributed by atoms with Crippen molar-refractivity contribution in [1.82, 2.24) is 15.3 Å². The van der Waals surface area contributed by atoms with Gasteiger partial charge >= 0.3 is 0 Å². The van der Waals surface area contributed by atoms with E-state index in [2.05, 4.69) is 27.9 Å². The molecule has 1 fully saturated rings. The highest BCUT2D eigenvalue weighted by Crippen LogP contribution is 2.41. The van der Waals surface area contributed by atoms with Crippen molar-refractivity contribution in [3.05, 3.63) is 24.3 Å². The lowest BCUT2D eigenvalue weighted by Gasteiger charge is -2.33. The molecule has 0 aromatic carbocycles. The molecule has 5 nitrogen and oxygen atoms in total. The van der Waals surface area contributed by atoms with Crippen LogP contribution in [0.25, 0.3) is 0 Å². The number of thiol groups is 1. The zero-order valence-corrected chi connectivity index (χ0v) is 12.1. The van der Waals surface area contributed by atoms with E-state index in [1.807, 2.05) is 6.07 Å². The molecule has 1 aromatic heterocycles. The topological polar surface area (TPSA) is 78.7 Å². The normalized spacial score (nSPS) is 23.6. The van der Waals surface area contributed by atoms with Crippen LogP contribution in [0, 0.1) is 23.2 Å². The molecule has 0 aliphatic heterocycles. The second-order valence-corrected chi connectivity index (χ2v) is 5.54. The maximum atomic E-state index is 12.2. The molecule has 0 saturated heterocycles. The molecule has 6 heteroatoms. The summed E-state index contributed by atoms with van der Waals surface area (Å²) in [7, 11) is 0. The number of aromatic nitrogens is 2. The van der Waals surface area contributed by atoms with E-state index >= 15 is 0 Å². The number of nitrogens with zero attached hydrogens (tertiary/aromatic N) is 3. The lowest BCUT2D eigenvalue weighted by molar-refractivity contribution is -0.127. The van der Waals surface area contributed by atoms with Gasteiger partial charge in [0.15, 0.2) is 0 Å². The third kappa shape index (κ3) is 3.48. The van der Waals surface area contributed by atoms with Crippen LogP contribution >= 0.6 is 12.6 Å². The Morgan fingerprint density at radius 3 is 2.85 bits per heavy atom. The smallest absolute Gasteiger partial charge is 0.224 e. The molecule has 20 heavy (non-hydrogen) atoms. The highest BCUT2D eigenvalue weighted by Gasteiger charge is 2.36. The molecule has 1 heterocycles. The van der Waals surface area contributed by atoms with Crippen LogP contribution in [0.1, 0.15) is 36.8 Å². The number of carbonyl (C=O) groups excluding carboxylic acids is 1. The van der Waals surface area contributed by atoms with Gasteiger partial charge in [-0.05, 0) is 24.8 Å². The van der Waals surface area contributed by atoms with E-state index in [-0.39, 0.29) is 29.5 Å². The number of hydrogen-bond acceptors (Lipinski definition) is 5. The van der Waals surface area contributed by atoms with Gasteiger partial charge < -0.3 is 5.32 Å². The predicted molar refractivity (Wildman–Crippen MR) is 77.8 cm³/mol. The van der Waals surface area contributed by atoms with Crippen molar-refractivity contribution in [2.75, 3.05) is 6.54 Å². The predicted octanol–water partition coefficient (Wildman–Crippen LogP) is 1.89. The van der Waals surface area contributed by atoms with Gasteiger partial charge in [0.25, 0.3) is 0 Å². The minimum atomic E-state index is -0.144. The van der Waals surface area contributed by atoms with Crippen molar-refractivity contribution in [3.8, 4) is 6.07 Å². The summed E-state index contributed by atoms with van der Waals surface area (Å²) >= 11 is 4.64. The summed E-state index contributed by atoms with van der Waals surface area (Å²) in [6.45, 7) is 0.0567. The van der Waals surface area contributed by atoms with Crippen molar-refractivity contribution in [2.45, 2.75) is 30.9 Å². The van der Waals surface area contributed by atoms with Gasteiger partial charge in [0.05, 0.1) is 11.3 Å². The Balaban J connectivity index is 2.10. The first kappa shape index (κ1) is 14.8. The molecule has 0 bridgehead atoms. The van der Waals surface area contributed by atoms with E-state index in [9.17, 15) is 4.79 Å². The summed E-state index contributed by atoms with van der Waals surface area (Å²) in [6.07, 6.45) is 7.30. The number of nitrogens with one attached hydrogen (secondary N) is 1. The van der Waals surface area contributed by atoms with E-state index in [1.54, 1.807) is 18.5 Å². The van der Waals surface area contributed by atoms with Crippen LogP contribution in [0.4, 0.5) is 0 Å². The zero-order valence-electron chi connectivity index (χ0n) is 11.2. The molecule has 1 N–H and O–H groups in total. The van der Waals surface area contributed by atoms with Crippen LogP contribution in [0.5, 0.6) is 0 Å². The molecule has 3 atom stereocenters. The third-order valence-corrected chi connectivity index (χ3v) is 4.37. The van der Waals surface area contributed by atoms with Crippen molar-refractivity contribution >= 4 is 18.5 Å². The monoisotopic (exact) mass is 290 g/mol. The molecular weight excluding hydrogens is 272 g/mol. The average molecular weight is 290 g/mol. The van der Waals surface area contributed by atoms with Gasteiger partial charge in [0, 0.05) is 18.3 Å². The minimum absolute atomic E-state index is 0.0498. The standard InChI is InChI=1S/C14H18N4OS/c15-6-9-18-14(19)11-5-2-1-4-10(11)12(20)13-16-7-3-8-17-13/h3,7-8,10-12,20H,1-2,4-5,9H2,(H,18,19)/t10-,11-,12?/m0/s1. The van der Waals surface area contributed by atoms with Crippen LogP contribution in [0.3, 0.4) is 0 Å². The summed E-state index contributed by atoms with van der Waals surface area (Å²) in [5.74, 6) is 0.628. The largest absolute Gasteiger partial charge is 0.343 e. The van der Waals surface area contributed by atoms with Crippen molar-refractivity contribution < 1.29 is 4.79 Å². The Labute approximate surface area is 124 Å². The van der Waals surface area contributed by atoms with Gasteiger partial charge in [-0.25, -0.2) is 9.97 Å². The van der Waals surface area contributed by atoms with Crippen LogP contribution in [0.2, 0.25) is 0 Å². The molecule has 1 unspecified atom stereocenters. The summed E-state index contributed by atoms with van der Waals surface area (Å²) in [5.41, 5.74) is 0. The first-order valence-electron chi connectivity index (χ1n) is 6.83. The molecular formula is C14H18N4OS. The van der Waals surface area contributed by atoms with Crippen molar-refractivity contribution in [1.29, 1.82) is 5.26 Å². The average Bonchev–Trinajstić information content (AvgIpc) is 2.52. The first-order chi connectivity index (χ1) is 9.74. The first-order valence-corrected chi connectivity index (χ1v) is 7.35. The van der Waals surface area contributed by atoms with Gasteiger partial charge in [-0.15, -0.1) is 0 Å². The number of amides is 1. The molecule has 1 amide bonds. The van der Waals surface area contributed by atoms with Crippen LogP contribution in [0.15, 0.2) is 18.5 Å². The number of carbonyl (C=O) groups is 1. The summed E-state index contributed by atoms with van der Waals surface area (Å²) in [6, 6.07) is 3.70. The van der Waals surface area contributed by atoms with Crippen molar-refractivity contribution in [3.63, 3.8) is 0 Å². The lowest BCUT2D eigenvalue weighted by atomic mass is 9.76. The second kappa shape index (κ2) is 7.25. The lowest BCUT2D eigenvalue weighted by Crippen LogP contribution is -2.38. The van der Waals surface area contributed by atoms with Gasteiger partial charge in [-0.3, -0.25) is 4.79 Å². The van der Waals surface area contributed by atoms with Crippen LogP contribution in [-0.2, 0) is 4.79 Å². The van der Waals surface area contributed by atoms with Gasteiger partial charge in [0.1, 0.15) is 12.4 Å². The van der Waals surface area contributed by atoms with Crippen LogP contribution in [-0.4, -0.2) is 22.4 Å². The zero-order chi connectivity index (χ0) is 14.4. The molecule has 0 radical (unpaired) electrons. The maximum Gasteiger partial charge on any atom is 0.224 e. The summed E-state index contributed by atoms with van der Waals surface area (Å²) in [5, 5.41) is 11.1. The Kier molecular flexibility index (Phi) is 5.36. The molecule has 1 saturated carbocycles. The van der Waals surface area contributed by atoms with Gasteiger partial charge in [-0.2, -0.15) is 17.9 Å². The number of hydrogen-bond donors (Lipinski definition) is 2. The Morgan fingerprint density at radius 1 is 1.45 bits per heavy atom. The highest BCUT2D eigenvalue weighted by molar-refractivity contribution is 7.80. The maximum absolute atomic E-state index is 12.2. The third-order valence-electron chi connectivity index (χ3n) is 3.75. The minimum Gasteiger partial charge on any atom is -0.343 e. The highest BCUT2D eigenvalue weighted by atomic mass is 32.1. The second-order valence-electron chi connectivity index (χ2n) is 4.98. The van der Waals surface area contributed by atoms with Gasteiger partial charge in [0.2, 0.25) is 5.91 Å². The summed E-state index contributed by atoms with van der Waals surface area (Å²) in [4.78, 5) is 20.6. The fourth-order valence-corrected chi connectivity index (χ4v) is 3.27. The molecule has 0 spiro atoms. The molecule has 1 aliphatic carbocycles. The number of rotatable bonds is 4. The Bertz CT molecular complexity index is 488. The van der Waals surface area contributed by atoms with Crippen LogP contribution < -0.4 is 5.32 Å². The quantitative estimate of drug-likeness (QED) is 0.655. The van der Waals surface area contributed by atoms with E-state index in [1.165, 1.54) is 0 Å². The SMILES string of the molecule is N#CCNC(=O)[C@H]1CCCC[C@@H]1C(S)c1ncccn1.